The Kier molecular flexibility index (Phi) is 5.49. The fraction of sp³-hybridized carbons (Fsp3) is 0.806. The number of nitrogens with zero attached hydrogens (tertiary/aromatic N) is 1. The highest BCUT2D eigenvalue weighted by molar-refractivity contribution is 5.73. The molecule has 11 nitrogen and oxygen atoms in total. The quantitative estimate of drug-likeness (QED) is 0.263. The lowest BCUT2D eigenvalue weighted by molar-refractivity contribution is -0.347. The normalized spacial score (nSPS) is 54.0. The van der Waals surface area contributed by atoms with E-state index >= 15 is 0 Å². The van der Waals surface area contributed by atoms with Gasteiger partial charge in [-0.15, -0.1) is 0 Å². The molecule has 11 heteroatoms. The minimum atomic E-state index is -1.76. The Labute approximate surface area is 244 Å². The van der Waals surface area contributed by atoms with Crippen molar-refractivity contribution in [2.24, 2.45) is 34.0 Å². The van der Waals surface area contributed by atoms with Crippen molar-refractivity contribution < 1.29 is 48.3 Å². The van der Waals surface area contributed by atoms with Crippen molar-refractivity contribution in [1.29, 1.82) is 0 Å². The van der Waals surface area contributed by atoms with E-state index in [0.717, 1.165) is 0 Å². The van der Waals surface area contributed by atoms with Gasteiger partial charge in [-0.3, -0.25) is 24.1 Å². The summed E-state index contributed by atoms with van der Waals surface area (Å²) >= 11 is 0. The van der Waals surface area contributed by atoms with Gasteiger partial charge in [0.15, 0.2) is 0 Å². The van der Waals surface area contributed by atoms with Crippen LogP contribution in [0, 0.1) is 34.0 Å². The number of hydrogen-bond acceptors (Lipinski definition) is 11. The van der Waals surface area contributed by atoms with Gasteiger partial charge in [-0.2, -0.15) is 0 Å². The lowest BCUT2D eigenvalue weighted by atomic mass is 9.36. The van der Waals surface area contributed by atoms with Crippen molar-refractivity contribution in [1.82, 2.24) is 4.90 Å². The molecule has 3 saturated heterocycles. The van der Waals surface area contributed by atoms with Crippen LogP contribution in [0.5, 0.6) is 0 Å². The fourth-order valence-corrected chi connectivity index (χ4v) is 12.0. The maximum absolute atomic E-state index is 13.4. The van der Waals surface area contributed by atoms with E-state index in [0.29, 0.717) is 25.0 Å². The van der Waals surface area contributed by atoms with Gasteiger partial charge in [0.2, 0.25) is 0 Å². The lowest BCUT2D eigenvalue weighted by Gasteiger charge is -2.71. The molecule has 6 saturated carbocycles. The van der Waals surface area contributed by atoms with E-state index in [1.54, 1.807) is 6.92 Å². The Balaban J connectivity index is 1.47. The first-order valence-corrected chi connectivity index (χ1v) is 15.2. The van der Waals surface area contributed by atoms with Crippen LogP contribution in [0.1, 0.15) is 67.2 Å². The Morgan fingerprint density at radius 3 is 2.17 bits per heavy atom. The van der Waals surface area contributed by atoms with Crippen LogP contribution in [0.2, 0.25) is 0 Å². The Morgan fingerprint density at radius 1 is 0.976 bits per heavy atom. The summed E-state index contributed by atoms with van der Waals surface area (Å²) < 4.78 is 24.1. The summed E-state index contributed by atoms with van der Waals surface area (Å²) in [5.41, 5.74) is -5.86. The van der Waals surface area contributed by atoms with Crippen LogP contribution in [0.4, 0.5) is 0 Å². The minimum Gasteiger partial charge on any atom is -0.459 e. The molecule has 0 radical (unpaired) electrons. The van der Waals surface area contributed by atoms with Gasteiger partial charge >= 0.3 is 23.9 Å². The molecule has 9 bridgehead atoms. The number of piperidine rings is 2. The highest BCUT2D eigenvalue weighted by Crippen LogP contribution is 2.89. The number of aliphatic hydroxyl groups is 2. The molecule has 2 spiro atoms. The summed E-state index contributed by atoms with van der Waals surface area (Å²) in [7, 11) is 0. The minimum absolute atomic E-state index is 0.0803. The summed E-state index contributed by atoms with van der Waals surface area (Å²) in [6, 6.07) is -0.751. The van der Waals surface area contributed by atoms with Crippen molar-refractivity contribution >= 4 is 23.9 Å². The highest BCUT2D eigenvalue weighted by Gasteiger charge is 3.01. The monoisotopic (exact) mass is 587 g/mol. The van der Waals surface area contributed by atoms with E-state index in [9.17, 15) is 29.4 Å². The zero-order valence-electron chi connectivity index (χ0n) is 25.0. The number of esters is 4. The predicted molar refractivity (Wildman–Crippen MR) is 143 cm³/mol. The van der Waals surface area contributed by atoms with Crippen LogP contribution in [0.3, 0.4) is 0 Å². The zero-order valence-corrected chi connectivity index (χ0v) is 25.0. The number of carbonyl (C=O) groups is 4. The molecule has 9 fully saturated rings. The van der Waals surface area contributed by atoms with Crippen LogP contribution >= 0.6 is 0 Å². The molecule has 6 aliphatic carbocycles. The molecule has 0 aromatic heterocycles. The molecule has 0 amide bonds. The fourth-order valence-electron chi connectivity index (χ4n) is 12.0. The second-order valence-corrected chi connectivity index (χ2v) is 14.5. The molecular formula is C31H41NO10. The Bertz CT molecular complexity index is 1330. The molecule has 0 aromatic rings. The first kappa shape index (κ1) is 28.3. The van der Waals surface area contributed by atoms with E-state index < -0.39 is 93.6 Å². The predicted octanol–water partition coefficient (Wildman–Crippen LogP) is 1.27. The second kappa shape index (κ2) is 8.15. The third-order valence-corrected chi connectivity index (χ3v) is 12.8. The highest BCUT2D eigenvalue weighted by atomic mass is 16.6. The molecule has 0 aromatic carbocycles. The number of rotatable bonds is 6. The topological polar surface area (TPSA) is 149 Å². The number of ether oxygens (including phenoxy) is 4. The molecule has 9 aliphatic rings. The van der Waals surface area contributed by atoms with Crippen molar-refractivity contribution in [2.45, 2.75) is 115 Å². The molecule has 9 rings (SSSR count). The standard InChI is InChI=1S/C31H41NO10/c1-8-13(2)25(36)42-19-11-29-21-18-10-28-9-14(3)20(24(31(28,29)38)41-17(6)35)23(40-16(5)34)30(28,37)26(29)32(18)12-27(21,7)22(19)39-15(4)33/h13,18-24,26,37-38H,3,8-12H2,1-2,4-7H3/t13-,18-,19+,20-,21+,22+,23-,24+,26-,27-,28-,29+,30-,31-/m0/s1. The second-order valence-electron chi connectivity index (χ2n) is 14.5. The third kappa shape index (κ3) is 2.68. The Morgan fingerprint density at radius 2 is 1.57 bits per heavy atom. The van der Waals surface area contributed by atoms with Gasteiger partial charge in [-0.25, -0.2) is 0 Å². The molecular weight excluding hydrogens is 546 g/mol. The van der Waals surface area contributed by atoms with Crippen LogP contribution in [-0.2, 0) is 38.1 Å². The zero-order chi connectivity index (χ0) is 30.5. The van der Waals surface area contributed by atoms with E-state index in [1.165, 1.54) is 20.8 Å². The molecule has 2 N–H and O–H groups in total. The number of carbonyl (C=O) groups excluding carboxylic acids is 4. The lowest BCUT2D eigenvalue weighted by Crippen LogP contribution is -2.83. The van der Waals surface area contributed by atoms with Crippen molar-refractivity contribution in [3.05, 3.63) is 12.2 Å². The van der Waals surface area contributed by atoms with Gasteiger partial charge in [0.05, 0.1) is 17.9 Å². The number of fused-ring (bicyclic) bond motifs is 1. The maximum atomic E-state index is 13.4. The summed E-state index contributed by atoms with van der Waals surface area (Å²) in [5, 5.41) is 26.5. The van der Waals surface area contributed by atoms with Gasteiger partial charge in [-0.05, 0) is 31.6 Å². The van der Waals surface area contributed by atoms with Gasteiger partial charge in [-0.1, -0.05) is 32.9 Å². The van der Waals surface area contributed by atoms with Crippen LogP contribution in [-0.4, -0.2) is 93.2 Å². The van der Waals surface area contributed by atoms with Crippen LogP contribution in [0.25, 0.3) is 0 Å². The Hall–Kier alpha value is -2.50. The van der Waals surface area contributed by atoms with Crippen molar-refractivity contribution in [3.8, 4) is 0 Å². The van der Waals surface area contributed by atoms with Gasteiger partial charge < -0.3 is 29.2 Å². The summed E-state index contributed by atoms with van der Waals surface area (Å²) in [6.07, 6.45) is -2.62. The van der Waals surface area contributed by atoms with E-state index in [-0.39, 0.29) is 24.8 Å². The molecule has 3 aliphatic heterocycles. The van der Waals surface area contributed by atoms with Gasteiger partial charge in [0, 0.05) is 49.6 Å². The van der Waals surface area contributed by atoms with Crippen LogP contribution < -0.4 is 0 Å². The first-order valence-electron chi connectivity index (χ1n) is 15.2. The van der Waals surface area contributed by atoms with Gasteiger partial charge in [0.25, 0.3) is 0 Å². The number of hydrogen-bond donors (Lipinski definition) is 2. The smallest absolute Gasteiger partial charge is 0.309 e. The average molecular weight is 588 g/mol. The van der Waals surface area contributed by atoms with Crippen LogP contribution in [0.15, 0.2) is 12.2 Å². The largest absolute Gasteiger partial charge is 0.459 e. The van der Waals surface area contributed by atoms with E-state index in [2.05, 4.69) is 11.5 Å². The third-order valence-electron chi connectivity index (χ3n) is 12.8. The van der Waals surface area contributed by atoms with E-state index in [4.69, 9.17) is 18.9 Å². The summed E-state index contributed by atoms with van der Waals surface area (Å²) in [6.45, 7) is 14.3. The maximum Gasteiger partial charge on any atom is 0.309 e. The molecule has 230 valence electrons. The van der Waals surface area contributed by atoms with Crippen molar-refractivity contribution in [3.63, 3.8) is 0 Å². The molecule has 3 heterocycles. The summed E-state index contributed by atoms with van der Waals surface area (Å²) in [5.74, 6) is -3.63. The molecule has 1 unspecified atom stereocenters. The summed E-state index contributed by atoms with van der Waals surface area (Å²) in [4.78, 5) is 53.1. The molecule has 42 heavy (non-hydrogen) atoms. The first-order chi connectivity index (χ1) is 19.6. The van der Waals surface area contributed by atoms with Gasteiger partial charge in [0.1, 0.15) is 35.6 Å². The average Bonchev–Trinajstić information content (AvgIpc) is 3.31. The molecule has 15 atom stereocenters. The van der Waals surface area contributed by atoms with E-state index in [1.807, 2.05) is 13.8 Å². The SMILES string of the molecule is C=C1C[C@]23C[C@H]4[C@@H]5[C@]6(C)CN4[C@@H]4[C@@]2(O)[C@@H](OC(C)=O)[C@H]1[C@@H](OC(C)=O)[C@@]3(O)[C@]54C[C@@H](OC(=O)[C@@H](C)CC)[C@H]6OC(C)=O. The van der Waals surface area contributed by atoms with Crippen molar-refractivity contribution in [2.75, 3.05) is 6.54 Å².